The molecule has 3 aromatic carbocycles. The van der Waals surface area contributed by atoms with Gasteiger partial charge in [0, 0.05) is 17.4 Å². The number of ether oxygens (including phenoxy) is 1. The first-order valence-corrected chi connectivity index (χ1v) is 10.2. The lowest BCUT2D eigenvalue weighted by Crippen LogP contribution is -2.11. The molecule has 1 N–H and O–H groups in total. The third-order valence-electron chi connectivity index (χ3n) is 5.08. The number of thiophene rings is 1. The number of methoxy groups -OCH3 is 1. The third-order valence-corrected chi connectivity index (χ3v) is 5.96. The molecule has 0 fully saturated rings. The Kier molecular flexibility index (Phi) is 4.37. The summed E-state index contributed by atoms with van der Waals surface area (Å²) in [5.41, 5.74) is 2.94. The van der Waals surface area contributed by atoms with E-state index in [1.807, 2.05) is 41.8 Å². The molecule has 2 aromatic heterocycles. The SMILES string of the molecule is COc1ccc(Cc2nc3scc(-c4ccc5ccccc5c4)c3c(=O)[nH]2)cc1. The maximum absolute atomic E-state index is 12.9. The second-order valence-corrected chi connectivity index (χ2v) is 7.79. The summed E-state index contributed by atoms with van der Waals surface area (Å²) in [6.45, 7) is 0. The van der Waals surface area contributed by atoms with E-state index in [0.717, 1.165) is 32.7 Å². The average molecular weight is 398 g/mol. The van der Waals surface area contributed by atoms with Crippen LogP contribution in [0.2, 0.25) is 0 Å². The van der Waals surface area contributed by atoms with Gasteiger partial charge in [0.05, 0.1) is 12.5 Å². The maximum atomic E-state index is 12.9. The van der Waals surface area contributed by atoms with Gasteiger partial charge in [-0.05, 0) is 40.1 Å². The molecule has 0 aliphatic heterocycles. The van der Waals surface area contributed by atoms with Gasteiger partial charge in [0.25, 0.3) is 5.56 Å². The zero-order chi connectivity index (χ0) is 19.8. The molecule has 0 radical (unpaired) electrons. The number of fused-ring (bicyclic) bond motifs is 2. The molecule has 4 nitrogen and oxygen atoms in total. The van der Waals surface area contributed by atoms with Crippen LogP contribution in [-0.4, -0.2) is 17.1 Å². The standard InChI is InChI=1S/C24H18N2O2S/c1-28-19-10-6-15(7-11-19)12-21-25-23(27)22-20(14-29-24(22)26-21)18-9-8-16-4-2-3-5-17(16)13-18/h2-11,13-14H,12H2,1H3,(H,25,26,27). The lowest BCUT2D eigenvalue weighted by molar-refractivity contribution is 0.414. The zero-order valence-electron chi connectivity index (χ0n) is 15.8. The number of nitrogens with one attached hydrogen (secondary N) is 1. The Morgan fingerprint density at radius 2 is 1.79 bits per heavy atom. The van der Waals surface area contributed by atoms with Crippen molar-refractivity contribution in [3.8, 4) is 16.9 Å². The van der Waals surface area contributed by atoms with Crippen LogP contribution in [0.4, 0.5) is 0 Å². The summed E-state index contributed by atoms with van der Waals surface area (Å²) in [6, 6.07) is 22.3. The van der Waals surface area contributed by atoms with Gasteiger partial charge in [-0.2, -0.15) is 0 Å². The highest BCUT2D eigenvalue weighted by molar-refractivity contribution is 7.17. The van der Waals surface area contributed by atoms with Gasteiger partial charge in [-0.25, -0.2) is 4.98 Å². The predicted octanol–water partition coefficient (Wildman–Crippen LogP) is 5.40. The summed E-state index contributed by atoms with van der Waals surface area (Å²) >= 11 is 1.51. The molecule has 0 unspecified atom stereocenters. The number of aromatic nitrogens is 2. The molecule has 0 saturated carbocycles. The first kappa shape index (κ1) is 17.6. The van der Waals surface area contributed by atoms with Gasteiger partial charge < -0.3 is 9.72 Å². The quantitative estimate of drug-likeness (QED) is 0.441. The molecule has 0 bridgehead atoms. The molecular weight excluding hydrogens is 380 g/mol. The van der Waals surface area contributed by atoms with E-state index in [4.69, 9.17) is 9.72 Å². The van der Waals surface area contributed by atoms with Crippen LogP contribution in [0.15, 0.2) is 76.9 Å². The van der Waals surface area contributed by atoms with Crippen LogP contribution in [0.25, 0.3) is 32.1 Å². The summed E-state index contributed by atoms with van der Waals surface area (Å²) in [5.74, 6) is 1.48. The van der Waals surface area contributed by atoms with Crippen LogP contribution < -0.4 is 10.3 Å². The molecular formula is C24H18N2O2S. The van der Waals surface area contributed by atoms with Gasteiger partial charge >= 0.3 is 0 Å². The van der Waals surface area contributed by atoms with E-state index in [9.17, 15) is 4.79 Å². The summed E-state index contributed by atoms with van der Waals surface area (Å²) in [7, 11) is 1.64. The normalized spacial score (nSPS) is 11.2. The maximum Gasteiger partial charge on any atom is 0.260 e. The van der Waals surface area contributed by atoms with Crippen molar-refractivity contribution in [2.45, 2.75) is 6.42 Å². The van der Waals surface area contributed by atoms with Gasteiger partial charge in [0.2, 0.25) is 0 Å². The minimum absolute atomic E-state index is 0.0945. The van der Waals surface area contributed by atoms with E-state index < -0.39 is 0 Å². The molecule has 0 saturated heterocycles. The largest absolute Gasteiger partial charge is 0.497 e. The van der Waals surface area contributed by atoms with Crippen molar-refractivity contribution in [1.29, 1.82) is 0 Å². The minimum Gasteiger partial charge on any atom is -0.497 e. The van der Waals surface area contributed by atoms with Crippen molar-refractivity contribution in [2.75, 3.05) is 7.11 Å². The van der Waals surface area contributed by atoms with E-state index >= 15 is 0 Å². The summed E-state index contributed by atoms with van der Waals surface area (Å²) in [4.78, 5) is 21.3. The van der Waals surface area contributed by atoms with Crippen LogP contribution >= 0.6 is 11.3 Å². The molecule has 5 rings (SSSR count). The number of benzene rings is 3. The lowest BCUT2D eigenvalue weighted by atomic mass is 10.0. The molecule has 0 amide bonds. The van der Waals surface area contributed by atoms with Crippen LogP contribution in [0, 0.1) is 0 Å². The topological polar surface area (TPSA) is 55.0 Å². The summed E-state index contributed by atoms with van der Waals surface area (Å²) in [5, 5.41) is 5.02. The van der Waals surface area contributed by atoms with Crippen molar-refractivity contribution in [1.82, 2.24) is 9.97 Å². The van der Waals surface area contributed by atoms with Crippen LogP contribution in [-0.2, 0) is 6.42 Å². The molecule has 2 heterocycles. The fourth-order valence-corrected chi connectivity index (χ4v) is 4.55. The van der Waals surface area contributed by atoms with Gasteiger partial charge in [-0.1, -0.05) is 48.5 Å². The number of rotatable bonds is 4. The molecule has 5 heteroatoms. The van der Waals surface area contributed by atoms with Gasteiger partial charge in [0.1, 0.15) is 16.4 Å². The first-order chi connectivity index (χ1) is 14.2. The lowest BCUT2D eigenvalue weighted by Gasteiger charge is -2.05. The van der Waals surface area contributed by atoms with Crippen molar-refractivity contribution >= 4 is 32.3 Å². The van der Waals surface area contributed by atoms with E-state index in [1.165, 1.54) is 16.7 Å². The Bertz CT molecular complexity index is 1380. The second kappa shape index (κ2) is 7.18. The Balaban J connectivity index is 1.54. The number of hydrogen-bond acceptors (Lipinski definition) is 4. The predicted molar refractivity (Wildman–Crippen MR) is 119 cm³/mol. The van der Waals surface area contributed by atoms with Crippen molar-refractivity contribution in [2.24, 2.45) is 0 Å². The molecule has 142 valence electrons. The van der Waals surface area contributed by atoms with Crippen LogP contribution in [0.1, 0.15) is 11.4 Å². The monoisotopic (exact) mass is 398 g/mol. The smallest absolute Gasteiger partial charge is 0.260 e. The molecule has 5 aromatic rings. The highest BCUT2D eigenvalue weighted by atomic mass is 32.1. The fourth-order valence-electron chi connectivity index (χ4n) is 3.58. The third kappa shape index (κ3) is 3.30. The fraction of sp³-hybridized carbons (Fsp3) is 0.0833. The van der Waals surface area contributed by atoms with Gasteiger partial charge in [-0.3, -0.25) is 4.79 Å². The highest BCUT2D eigenvalue weighted by Gasteiger charge is 2.13. The van der Waals surface area contributed by atoms with Crippen molar-refractivity contribution in [3.63, 3.8) is 0 Å². The Hall–Kier alpha value is -3.44. The van der Waals surface area contributed by atoms with E-state index in [-0.39, 0.29) is 5.56 Å². The van der Waals surface area contributed by atoms with E-state index in [2.05, 4.69) is 35.3 Å². The van der Waals surface area contributed by atoms with Crippen molar-refractivity contribution < 1.29 is 4.74 Å². The van der Waals surface area contributed by atoms with Gasteiger partial charge in [-0.15, -0.1) is 11.3 Å². The molecule has 0 aliphatic rings. The first-order valence-electron chi connectivity index (χ1n) is 9.34. The highest BCUT2D eigenvalue weighted by Crippen LogP contribution is 2.32. The van der Waals surface area contributed by atoms with E-state index in [1.54, 1.807) is 7.11 Å². The number of aromatic amines is 1. The van der Waals surface area contributed by atoms with Gasteiger partial charge in [0.15, 0.2) is 0 Å². The second-order valence-electron chi connectivity index (χ2n) is 6.93. The number of hydrogen-bond donors (Lipinski definition) is 1. The average Bonchev–Trinajstić information content (AvgIpc) is 3.18. The molecule has 0 atom stereocenters. The summed E-state index contributed by atoms with van der Waals surface area (Å²) in [6.07, 6.45) is 0.568. The van der Waals surface area contributed by atoms with E-state index in [0.29, 0.717) is 17.6 Å². The summed E-state index contributed by atoms with van der Waals surface area (Å²) < 4.78 is 5.20. The Morgan fingerprint density at radius 1 is 1.00 bits per heavy atom. The molecule has 0 aliphatic carbocycles. The Labute approximate surface area is 171 Å². The van der Waals surface area contributed by atoms with Crippen molar-refractivity contribution in [3.05, 3.63) is 93.9 Å². The molecule has 29 heavy (non-hydrogen) atoms. The van der Waals surface area contributed by atoms with Crippen LogP contribution in [0.3, 0.4) is 0 Å². The molecule has 0 spiro atoms. The minimum atomic E-state index is -0.0945. The zero-order valence-corrected chi connectivity index (χ0v) is 16.6. The number of H-pyrrole nitrogens is 1. The number of nitrogens with zero attached hydrogens (tertiary/aromatic N) is 1. The Morgan fingerprint density at radius 3 is 2.59 bits per heavy atom. The van der Waals surface area contributed by atoms with Crippen LogP contribution in [0.5, 0.6) is 5.75 Å².